The van der Waals surface area contributed by atoms with Crippen LogP contribution < -0.4 is 10.6 Å². The van der Waals surface area contributed by atoms with Crippen LogP contribution in [-0.4, -0.2) is 27.3 Å². The van der Waals surface area contributed by atoms with Gasteiger partial charge in [0.15, 0.2) is 0 Å². The number of carboxylic acids is 1. The number of halogens is 1. The number of aromatic amines is 1. The van der Waals surface area contributed by atoms with E-state index in [4.69, 9.17) is 5.11 Å². The molecular formula is C13H13FN4O3. The predicted molar refractivity (Wildman–Crippen MR) is 74.1 cm³/mol. The van der Waals surface area contributed by atoms with Crippen molar-refractivity contribution in [1.82, 2.24) is 10.2 Å². The Kier molecular flexibility index (Phi) is 3.88. The summed E-state index contributed by atoms with van der Waals surface area (Å²) in [6.07, 6.45) is 0. The second-order valence-corrected chi connectivity index (χ2v) is 4.36. The number of aromatic carboxylic acids is 1. The molecule has 0 atom stereocenters. The number of urea groups is 1. The lowest BCUT2D eigenvalue weighted by Crippen LogP contribution is -2.22. The number of aryl methyl sites for hydroxylation is 2. The number of aromatic nitrogens is 2. The number of nitrogens with one attached hydrogen (secondary N) is 3. The third-order valence-electron chi connectivity index (χ3n) is 2.85. The Balaban J connectivity index is 2.23. The molecule has 2 aromatic rings. The molecule has 2 amide bonds. The number of carbonyl (C=O) groups is 2. The monoisotopic (exact) mass is 292 g/mol. The summed E-state index contributed by atoms with van der Waals surface area (Å²) in [5.41, 5.74) is 0.942. The smallest absolute Gasteiger partial charge is 0.337 e. The number of para-hydroxylation sites is 1. The molecule has 21 heavy (non-hydrogen) atoms. The zero-order chi connectivity index (χ0) is 15.6. The van der Waals surface area contributed by atoms with Gasteiger partial charge in [-0.15, -0.1) is 0 Å². The van der Waals surface area contributed by atoms with E-state index in [9.17, 15) is 14.0 Å². The number of carbonyl (C=O) groups excluding carboxylic acids is 1. The molecule has 0 aliphatic heterocycles. The summed E-state index contributed by atoms with van der Waals surface area (Å²) in [7, 11) is 0. The fourth-order valence-electron chi connectivity index (χ4n) is 1.82. The highest BCUT2D eigenvalue weighted by Crippen LogP contribution is 2.21. The number of hydrogen-bond acceptors (Lipinski definition) is 3. The maximum atomic E-state index is 13.7. The molecule has 0 bridgehead atoms. The first-order chi connectivity index (χ1) is 9.90. The Hall–Kier alpha value is -2.90. The van der Waals surface area contributed by atoms with E-state index in [0.29, 0.717) is 17.1 Å². The van der Waals surface area contributed by atoms with Crippen molar-refractivity contribution in [3.05, 3.63) is 41.0 Å². The Bertz CT molecular complexity index is 692. The van der Waals surface area contributed by atoms with Crippen LogP contribution in [0.1, 0.15) is 21.7 Å². The first kappa shape index (κ1) is 14.5. The molecule has 4 N–H and O–H groups in total. The van der Waals surface area contributed by atoms with E-state index in [1.807, 2.05) is 0 Å². The van der Waals surface area contributed by atoms with Crippen LogP contribution in [-0.2, 0) is 0 Å². The molecule has 8 heteroatoms. The lowest BCUT2D eigenvalue weighted by molar-refractivity contribution is 0.0697. The Labute approximate surface area is 119 Å². The molecular weight excluding hydrogens is 279 g/mol. The second kappa shape index (κ2) is 5.61. The average Bonchev–Trinajstić information content (AvgIpc) is 2.72. The molecule has 0 radical (unpaired) electrons. The van der Waals surface area contributed by atoms with Crippen LogP contribution in [0.5, 0.6) is 0 Å². The molecule has 0 unspecified atom stereocenters. The van der Waals surface area contributed by atoms with Crippen molar-refractivity contribution < 1.29 is 19.1 Å². The van der Waals surface area contributed by atoms with Crippen molar-refractivity contribution in [3.8, 4) is 0 Å². The van der Waals surface area contributed by atoms with Crippen molar-refractivity contribution in [2.45, 2.75) is 13.8 Å². The fourth-order valence-corrected chi connectivity index (χ4v) is 1.82. The van der Waals surface area contributed by atoms with Crippen LogP contribution in [0.15, 0.2) is 18.2 Å². The maximum Gasteiger partial charge on any atom is 0.337 e. The third-order valence-corrected chi connectivity index (χ3v) is 2.85. The van der Waals surface area contributed by atoms with E-state index in [1.54, 1.807) is 13.8 Å². The molecule has 1 aromatic carbocycles. The molecule has 110 valence electrons. The minimum Gasteiger partial charge on any atom is -0.478 e. The van der Waals surface area contributed by atoms with Crippen LogP contribution in [0.3, 0.4) is 0 Å². The molecule has 2 rings (SSSR count). The number of amides is 2. The fraction of sp³-hybridized carbons (Fsp3) is 0.154. The van der Waals surface area contributed by atoms with E-state index >= 15 is 0 Å². The molecule has 7 nitrogen and oxygen atoms in total. The Morgan fingerprint density at radius 3 is 2.48 bits per heavy atom. The summed E-state index contributed by atoms with van der Waals surface area (Å²) < 4.78 is 13.7. The van der Waals surface area contributed by atoms with Crippen molar-refractivity contribution in [1.29, 1.82) is 0 Å². The second-order valence-electron chi connectivity index (χ2n) is 4.36. The summed E-state index contributed by atoms with van der Waals surface area (Å²) in [5, 5.41) is 20.3. The highest BCUT2D eigenvalue weighted by molar-refractivity contribution is 6.05. The van der Waals surface area contributed by atoms with E-state index in [0.717, 1.165) is 6.07 Å². The number of carboxylic acid groups (broad SMARTS) is 1. The third kappa shape index (κ3) is 2.99. The van der Waals surface area contributed by atoms with Crippen molar-refractivity contribution in [2.24, 2.45) is 0 Å². The van der Waals surface area contributed by atoms with E-state index < -0.39 is 17.8 Å². The lowest BCUT2D eigenvalue weighted by atomic mass is 10.1. The van der Waals surface area contributed by atoms with Gasteiger partial charge in [0, 0.05) is 0 Å². The molecule has 1 aromatic heterocycles. The highest BCUT2D eigenvalue weighted by Gasteiger charge is 2.17. The number of rotatable bonds is 3. The van der Waals surface area contributed by atoms with Gasteiger partial charge in [0.25, 0.3) is 0 Å². The van der Waals surface area contributed by atoms with Gasteiger partial charge in [-0.2, -0.15) is 5.10 Å². The topological polar surface area (TPSA) is 107 Å². The number of anilines is 2. The van der Waals surface area contributed by atoms with Gasteiger partial charge in [0.05, 0.1) is 28.3 Å². The van der Waals surface area contributed by atoms with Crippen LogP contribution >= 0.6 is 0 Å². The Morgan fingerprint density at radius 2 is 1.90 bits per heavy atom. The van der Waals surface area contributed by atoms with Crippen LogP contribution in [0.2, 0.25) is 0 Å². The zero-order valence-corrected chi connectivity index (χ0v) is 11.3. The average molecular weight is 292 g/mol. The minimum atomic E-state index is -1.33. The minimum absolute atomic E-state index is 0.328. The summed E-state index contributed by atoms with van der Waals surface area (Å²) >= 11 is 0. The van der Waals surface area contributed by atoms with Gasteiger partial charge in [-0.3, -0.25) is 5.10 Å². The molecule has 0 saturated carbocycles. The molecule has 1 heterocycles. The first-order valence-electron chi connectivity index (χ1n) is 6.01. The standard InChI is InChI=1S/C13H13FN4O3/c1-6-10(7(2)18-17-6)15-13(21)16-11-8(12(19)20)4-3-5-9(11)14/h3-5H,1-2H3,(H,17,18)(H,19,20)(H2,15,16,21). The van der Waals surface area contributed by atoms with E-state index in [1.165, 1.54) is 12.1 Å². The van der Waals surface area contributed by atoms with Crippen LogP contribution in [0, 0.1) is 19.7 Å². The van der Waals surface area contributed by atoms with Crippen molar-refractivity contribution in [3.63, 3.8) is 0 Å². The van der Waals surface area contributed by atoms with Crippen LogP contribution in [0.4, 0.5) is 20.6 Å². The lowest BCUT2D eigenvalue weighted by Gasteiger charge is -2.10. The van der Waals surface area contributed by atoms with Gasteiger partial charge in [-0.25, -0.2) is 14.0 Å². The number of hydrogen-bond donors (Lipinski definition) is 4. The quantitative estimate of drug-likeness (QED) is 0.697. The van der Waals surface area contributed by atoms with Gasteiger partial charge in [0.2, 0.25) is 0 Å². The molecule has 0 aliphatic carbocycles. The number of benzene rings is 1. The summed E-state index contributed by atoms with van der Waals surface area (Å²) in [4.78, 5) is 22.9. The van der Waals surface area contributed by atoms with Crippen LogP contribution in [0.25, 0.3) is 0 Å². The Morgan fingerprint density at radius 1 is 1.24 bits per heavy atom. The molecule has 0 fully saturated rings. The molecule has 0 aliphatic rings. The largest absolute Gasteiger partial charge is 0.478 e. The van der Waals surface area contributed by atoms with Gasteiger partial charge >= 0.3 is 12.0 Å². The number of nitrogens with zero attached hydrogens (tertiary/aromatic N) is 1. The van der Waals surface area contributed by atoms with Gasteiger partial charge in [-0.05, 0) is 26.0 Å². The van der Waals surface area contributed by atoms with Crippen molar-refractivity contribution >= 4 is 23.4 Å². The SMILES string of the molecule is Cc1n[nH]c(C)c1NC(=O)Nc1c(F)cccc1C(=O)O. The summed E-state index contributed by atoms with van der Waals surface area (Å²) in [5.74, 6) is -2.16. The highest BCUT2D eigenvalue weighted by atomic mass is 19.1. The van der Waals surface area contributed by atoms with Gasteiger partial charge in [-0.1, -0.05) is 6.07 Å². The summed E-state index contributed by atoms with van der Waals surface area (Å²) in [6.45, 7) is 3.40. The van der Waals surface area contributed by atoms with Gasteiger partial charge in [0.1, 0.15) is 5.82 Å². The number of H-pyrrole nitrogens is 1. The van der Waals surface area contributed by atoms with E-state index in [-0.39, 0.29) is 11.3 Å². The molecule has 0 saturated heterocycles. The maximum absolute atomic E-state index is 13.7. The normalized spacial score (nSPS) is 10.2. The zero-order valence-electron chi connectivity index (χ0n) is 11.3. The first-order valence-corrected chi connectivity index (χ1v) is 6.01. The van der Waals surface area contributed by atoms with E-state index in [2.05, 4.69) is 20.8 Å². The van der Waals surface area contributed by atoms with Gasteiger partial charge < -0.3 is 15.7 Å². The molecule has 0 spiro atoms. The summed E-state index contributed by atoms with van der Waals surface area (Å²) in [6, 6.07) is 2.77. The predicted octanol–water partition coefficient (Wildman–Crippen LogP) is 2.51. The van der Waals surface area contributed by atoms with Crippen molar-refractivity contribution in [2.75, 3.05) is 10.6 Å².